The highest BCUT2D eigenvalue weighted by molar-refractivity contribution is 5.81. The fourth-order valence-electron chi connectivity index (χ4n) is 2.01. The smallest absolute Gasteiger partial charge is 0.136 e. The molecule has 0 aromatic rings. The van der Waals surface area contributed by atoms with E-state index in [4.69, 9.17) is 5.73 Å². The van der Waals surface area contributed by atoms with Crippen LogP contribution in [0.5, 0.6) is 0 Å². The lowest BCUT2D eigenvalue weighted by Crippen LogP contribution is -2.30. The fourth-order valence-corrected chi connectivity index (χ4v) is 2.01. The van der Waals surface area contributed by atoms with Gasteiger partial charge >= 0.3 is 0 Å². The summed E-state index contributed by atoms with van der Waals surface area (Å²) in [6.07, 6.45) is 4.86. The SMILES string of the molecule is CC(C)CC(=O)C1CCC(N)CC1. The summed E-state index contributed by atoms with van der Waals surface area (Å²) in [6.45, 7) is 4.21. The minimum absolute atomic E-state index is 0.321. The molecule has 0 aromatic heterocycles. The van der Waals surface area contributed by atoms with Gasteiger partial charge in [-0.2, -0.15) is 0 Å². The maximum absolute atomic E-state index is 11.7. The van der Waals surface area contributed by atoms with Gasteiger partial charge in [-0.15, -0.1) is 0 Å². The Morgan fingerprint density at radius 2 is 1.85 bits per heavy atom. The summed E-state index contributed by atoms with van der Waals surface area (Å²) in [4.78, 5) is 11.7. The first-order chi connectivity index (χ1) is 6.09. The number of hydrogen-bond acceptors (Lipinski definition) is 2. The zero-order chi connectivity index (χ0) is 9.84. The average molecular weight is 183 g/mol. The van der Waals surface area contributed by atoms with Gasteiger partial charge in [0.25, 0.3) is 0 Å². The van der Waals surface area contributed by atoms with Gasteiger partial charge in [0.1, 0.15) is 5.78 Å². The molecule has 0 amide bonds. The molecule has 2 heteroatoms. The average Bonchev–Trinajstić information content (AvgIpc) is 2.04. The lowest BCUT2D eigenvalue weighted by molar-refractivity contribution is -0.124. The number of carbonyl (C=O) groups is 1. The number of carbonyl (C=O) groups excluding carboxylic acids is 1. The van der Waals surface area contributed by atoms with E-state index in [0.717, 1.165) is 32.1 Å². The molecule has 1 aliphatic rings. The molecular formula is C11H21NO. The van der Waals surface area contributed by atoms with Crippen molar-refractivity contribution in [3.8, 4) is 0 Å². The van der Waals surface area contributed by atoms with E-state index >= 15 is 0 Å². The van der Waals surface area contributed by atoms with Crippen LogP contribution in [-0.2, 0) is 4.79 Å². The zero-order valence-electron chi connectivity index (χ0n) is 8.75. The second kappa shape index (κ2) is 4.75. The summed E-state index contributed by atoms with van der Waals surface area (Å²) in [5.74, 6) is 1.28. The first-order valence-corrected chi connectivity index (χ1v) is 5.38. The Morgan fingerprint density at radius 3 is 2.31 bits per heavy atom. The van der Waals surface area contributed by atoms with Gasteiger partial charge in [-0.05, 0) is 31.6 Å². The first-order valence-electron chi connectivity index (χ1n) is 5.38. The Balaban J connectivity index is 2.31. The van der Waals surface area contributed by atoms with Gasteiger partial charge in [-0.3, -0.25) is 4.79 Å². The Hall–Kier alpha value is -0.370. The van der Waals surface area contributed by atoms with Crippen molar-refractivity contribution >= 4 is 5.78 Å². The molecule has 0 heterocycles. The van der Waals surface area contributed by atoms with Crippen molar-refractivity contribution in [3.63, 3.8) is 0 Å². The molecule has 1 rings (SSSR count). The van der Waals surface area contributed by atoms with E-state index in [1.807, 2.05) is 0 Å². The van der Waals surface area contributed by atoms with Gasteiger partial charge in [0, 0.05) is 18.4 Å². The molecule has 0 bridgehead atoms. The summed E-state index contributed by atoms with van der Waals surface area (Å²) in [6, 6.07) is 0.350. The normalized spacial score (nSPS) is 29.2. The number of nitrogens with two attached hydrogens (primary N) is 1. The maximum atomic E-state index is 11.7. The van der Waals surface area contributed by atoms with Crippen LogP contribution in [0, 0.1) is 11.8 Å². The zero-order valence-corrected chi connectivity index (χ0v) is 8.75. The number of rotatable bonds is 3. The minimum atomic E-state index is 0.321. The van der Waals surface area contributed by atoms with Gasteiger partial charge in [0.05, 0.1) is 0 Å². The Labute approximate surface area is 80.9 Å². The number of Topliss-reactive ketones (excluding diaryl/α,β-unsaturated/α-hetero) is 1. The Bertz CT molecular complexity index is 169. The topological polar surface area (TPSA) is 43.1 Å². The standard InChI is InChI=1S/C11H21NO/c1-8(2)7-11(13)9-3-5-10(12)6-4-9/h8-10H,3-7,12H2,1-2H3. The Morgan fingerprint density at radius 1 is 1.31 bits per heavy atom. The highest BCUT2D eigenvalue weighted by atomic mass is 16.1. The third-order valence-electron chi connectivity index (χ3n) is 2.84. The van der Waals surface area contributed by atoms with Crippen LogP contribution >= 0.6 is 0 Å². The largest absolute Gasteiger partial charge is 0.328 e. The molecule has 0 aromatic carbocycles. The highest BCUT2D eigenvalue weighted by Crippen LogP contribution is 2.25. The third kappa shape index (κ3) is 3.47. The van der Waals surface area contributed by atoms with Crippen LogP contribution in [0.25, 0.3) is 0 Å². The molecule has 0 atom stereocenters. The maximum Gasteiger partial charge on any atom is 0.136 e. The van der Waals surface area contributed by atoms with Gasteiger partial charge in [-0.25, -0.2) is 0 Å². The van der Waals surface area contributed by atoms with Crippen molar-refractivity contribution in [1.82, 2.24) is 0 Å². The number of ketones is 1. The molecule has 0 spiro atoms. The van der Waals surface area contributed by atoms with E-state index in [2.05, 4.69) is 13.8 Å². The van der Waals surface area contributed by atoms with Crippen molar-refractivity contribution < 1.29 is 4.79 Å². The molecule has 1 saturated carbocycles. The van der Waals surface area contributed by atoms with E-state index in [1.54, 1.807) is 0 Å². The molecule has 0 saturated heterocycles. The molecule has 1 aliphatic carbocycles. The van der Waals surface area contributed by atoms with E-state index in [1.165, 1.54) is 0 Å². The van der Waals surface area contributed by atoms with Gasteiger partial charge in [0.15, 0.2) is 0 Å². The summed E-state index contributed by atoms with van der Waals surface area (Å²) >= 11 is 0. The molecule has 2 N–H and O–H groups in total. The second-order valence-electron chi connectivity index (χ2n) is 4.68. The van der Waals surface area contributed by atoms with Gasteiger partial charge < -0.3 is 5.73 Å². The monoisotopic (exact) mass is 183 g/mol. The van der Waals surface area contributed by atoms with Crippen molar-refractivity contribution in [2.45, 2.75) is 52.0 Å². The molecule has 0 unspecified atom stereocenters. The molecule has 0 radical (unpaired) electrons. The third-order valence-corrected chi connectivity index (χ3v) is 2.84. The fraction of sp³-hybridized carbons (Fsp3) is 0.909. The second-order valence-corrected chi connectivity index (χ2v) is 4.68. The summed E-state index contributed by atoms with van der Waals surface area (Å²) in [5, 5.41) is 0. The molecule has 76 valence electrons. The van der Waals surface area contributed by atoms with E-state index < -0.39 is 0 Å². The first kappa shape index (κ1) is 10.7. The summed E-state index contributed by atoms with van der Waals surface area (Å²) in [5.41, 5.74) is 5.79. The van der Waals surface area contributed by atoms with Crippen molar-refractivity contribution in [2.75, 3.05) is 0 Å². The van der Waals surface area contributed by atoms with Crippen molar-refractivity contribution in [2.24, 2.45) is 17.6 Å². The minimum Gasteiger partial charge on any atom is -0.328 e. The van der Waals surface area contributed by atoms with E-state index in [9.17, 15) is 4.79 Å². The van der Waals surface area contributed by atoms with Crippen LogP contribution in [0.3, 0.4) is 0 Å². The summed E-state index contributed by atoms with van der Waals surface area (Å²) in [7, 11) is 0. The Kier molecular flexibility index (Phi) is 3.91. The predicted octanol–water partition coefficient (Wildman–Crippen LogP) is 2.12. The van der Waals surface area contributed by atoms with Crippen LogP contribution in [-0.4, -0.2) is 11.8 Å². The van der Waals surface area contributed by atoms with E-state index in [0.29, 0.717) is 23.7 Å². The van der Waals surface area contributed by atoms with Crippen LogP contribution in [0.2, 0.25) is 0 Å². The molecule has 13 heavy (non-hydrogen) atoms. The van der Waals surface area contributed by atoms with Crippen LogP contribution in [0.1, 0.15) is 46.0 Å². The van der Waals surface area contributed by atoms with Crippen molar-refractivity contribution in [1.29, 1.82) is 0 Å². The molecule has 1 fully saturated rings. The summed E-state index contributed by atoms with van der Waals surface area (Å²) < 4.78 is 0. The predicted molar refractivity (Wildman–Crippen MR) is 54.4 cm³/mol. The molecule has 2 nitrogen and oxygen atoms in total. The quantitative estimate of drug-likeness (QED) is 0.728. The lowest BCUT2D eigenvalue weighted by atomic mass is 9.82. The lowest BCUT2D eigenvalue weighted by Gasteiger charge is -2.25. The van der Waals surface area contributed by atoms with Gasteiger partial charge in [0.2, 0.25) is 0 Å². The van der Waals surface area contributed by atoms with Gasteiger partial charge in [-0.1, -0.05) is 13.8 Å². The van der Waals surface area contributed by atoms with Crippen LogP contribution in [0.15, 0.2) is 0 Å². The highest BCUT2D eigenvalue weighted by Gasteiger charge is 2.24. The molecule has 0 aliphatic heterocycles. The van der Waals surface area contributed by atoms with E-state index in [-0.39, 0.29) is 0 Å². The van der Waals surface area contributed by atoms with Crippen LogP contribution < -0.4 is 5.73 Å². The number of hydrogen-bond donors (Lipinski definition) is 1. The van der Waals surface area contributed by atoms with Crippen LogP contribution in [0.4, 0.5) is 0 Å². The molecular weight excluding hydrogens is 162 g/mol. The van der Waals surface area contributed by atoms with Crippen molar-refractivity contribution in [3.05, 3.63) is 0 Å².